The molecule has 1 aromatic rings. The molecule has 0 unspecified atom stereocenters. The molecule has 0 atom stereocenters. The van der Waals surface area contributed by atoms with Crippen molar-refractivity contribution in [1.82, 2.24) is 0 Å². The van der Waals surface area contributed by atoms with Crippen molar-refractivity contribution in [1.29, 1.82) is 0 Å². The fourth-order valence-electron chi connectivity index (χ4n) is 3.24. The van der Waals surface area contributed by atoms with Gasteiger partial charge in [-0.05, 0) is 30.9 Å². The maximum Gasteiger partial charge on any atom is 0.142 e. The molecular weight excluding hydrogens is 198 g/mol. The van der Waals surface area contributed by atoms with Gasteiger partial charge in [-0.15, -0.1) is 0 Å². The number of methoxy groups -OCH3 is 1. The first kappa shape index (κ1) is 10.0. The van der Waals surface area contributed by atoms with Crippen LogP contribution >= 0.6 is 0 Å². The first-order chi connectivity index (χ1) is 7.83. The molecule has 2 aliphatic rings. The van der Waals surface area contributed by atoms with Gasteiger partial charge < -0.3 is 10.1 Å². The third-order valence-electron chi connectivity index (χ3n) is 4.06. The highest BCUT2D eigenvalue weighted by molar-refractivity contribution is 5.67. The monoisotopic (exact) mass is 217 g/mol. The van der Waals surface area contributed by atoms with Gasteiger partial charge in [0.2, 0.25) is 0 Å². The molecule has 1 spiro atoms. The van der Waals surface area contributed by atoms with Gasteiger partial charge in [-0.2, -0.15) is 0 Å². The van der Waals surface area contributed by atoms with Gasteiger partial charge in [-0.25, -0.2) is 0 Å². The smallest absolute Gasteiger partial charge is 0.142 e. The van der Waals surface area contributed by atoms with Gasteiger partial charge in [0.05, 0.1) is 12.8 Å². The number of rotatable bonds is 1. The third kappa shape index (κ3) is 1.48. The fraction of sp³-hybridized carbons (Fsp3) is 0.571. The molecule has 86 valence electrons. The van der Waals surface area contributed by atoms with Gasteiger partial charge in [0.1, 0.15) is 5.75 Å². The molecule has 1 aliphatic heterocycles. The SMILES string of the molecule is COc1cccc2c1NC1(CCCCC1)C2. The van der Waals surface area contributed by atoms with E-state index in [9.17, 15) is 0 Å². The number of hydrogen-bond donors (Lipinski definition) is 1. The third-order valence-corrected chi connectivity index (χ3v) is 4.06. The summed E-state index contributed by atoms with van der Waals surface area (Å²) in [5, 5.41) is 3.74. The van der Waals surface area contributed by atoms with Crippen LogP contribution in [0, 0.1) is 0 Å². The molecular formula is C14H19NO. The number of benzene rings is 1. The van der Waals surface area contributed by atoms with Crippen LogP contribution in [0.25, 0.3) is 0 Å². The Morgan fingerprint density at radius 1 is 1.19 bits per heavy atom. The molecule has 1 aromatic carbocycles. The topological polar surface area (TPSA) is 21.3 Å². The van der Waals surface area contributed by atoms with Crippen LogP contribution in [-0.2, 0) is 6.42 Å². The first-order valence-corrected chi connectivity index (χ1v) is 6.27. The average molecular weight is 217 g/mol. The molecule has 16 heavy (non-hydrogen) atoms. The van der Waals surface area contributed by atoms with Crippen molar-refractivity contribution in [3.63, 3.8) is 0 Å². The summed E-state index contributed by atoms with van der Waals surface area (Å²) in [4.78, 5) is 0. The summed E-state index contributed by atoms with van der Waals surface area (Å²) in [5.41, 5.74) is 3.02. The Morgan fingerprint density at radius 3 is 2.75 bits per heavy atom. The van der Waals surface area contributed by atoms with E-state index in [-0.39, 0.29) is 0 Å². The van der Waals surface area contributed by atoms with Crippen molar-refractivity contribution in [2.45, 2.75) is 44.1 Å². The molecule has 0 radical (unpaired) electrons. The zero-order valence-corrected chi connectivity index (χ0v) is 9.88. The minimum Gasteiger partial charge on any atom is -0.495 e. The lowest BCUT2D eigenvalue weighted by Gasteiger charge is -2.34. The number of para-hydroxylation sites is 1. The first-order valence-electron chi connectivity index (χ1n) is 6.27. The second-order valence-corrected chi connectivity index (χ2v) is 5.14. The zero-order valence-electron chi connectivity index (χ0n) is 9.88. The maximum absolute atomic E-state index is 5.43. The Hall–Kier alpha value is -1.18. The largest absolute Gasteiger partial charge is 0.495 e. The number of nitrogens with one attached hydrogen (secondary N) is 1. The second kappa shape index (κ2) is 3.69. The summed E-state index contributed by atoms with van der Waals surface area (Å²) in [7, 11) is 1.75. The lowest BCUT2D eigenvalue weighted by atomic mass is 9.80. The van der Waals surface area contributed by atoms with Crippen molar-refractivity contribution < 1.29 is 4.74 Å². The van der Waals surface area contributed by atoms with E-state index in [2.05, 4.69) is 17.4 Å². The fourth-order valence-corrected chi connectivity index (χ4v) is 3.24. The van der Waals surface area contributed by atoms with Gasteiger partial charge in [0, 0.05) is 5.54 Å². The number of hydrogen-bond acceptors (Lipinski definition) is 2. The van der Waals surface area contributed by atoms with Crippen LogP contribution in [0.2, 0.25) is 0 Å². The van der Waals surface area contributed by atoms with Crippen LogP contribution in [-0.4, -0.2) is 12.6 Å². The maximum atomic E-state index is 5.43. The van der Waals surface area contributed by atoms with Crippen molar-refractivity contribution in [2.24, 2.45) is 0 Å². The lowest BCUT2D eigenvalue weighted by molar-refractivity contribution is 0.332. The molecule has 0 aromatic heterocycles. The van der Waals surface area contributed by atoms with E-state index in [4.69, 9.17) is 4.74 Å². The zero-order chi connectivity index (χ0) is 11.0. The van der Waals surface area contributed by atoms with Crippen LogP contribution < -0.4 is 10.1 Å². The number of anilines is 1. The average Bonchev–Trinajstić information content (AvgIpc) is 2.67. The summed E-state index contributed by atoms with van der Waals surface area (Å²) in [5.74, 6) is 1.000. The molecule has 1 heterocycles. The number of fused-ring (bicyclic) bond motifs is 1. The van der Waals surface area contributed by atoms with Gasteiger partial charge in [-0.3, -0.25) is 0 Å². The van der Waals surface area contributed by atoms with E-state index in [0.29, 0.717) is 5.54 Å². The van der Waals surface area contributed by atoms with Gasteiger partial charge in [-0.1, -0.05) is 31.4 Å². The molecule has 0 saturated heterocycles. The van der Waals surface area contributed by atoms with E-state index in [1.54, 1.807) is 7.11 Å². The van der Waals surface area contributed by atoms with Crippen molar-refractivity contribution >= 4 is 5.69 Å². The van der Waals surface area contributed by atoms with E-state index in [1.807, 2.05) is 6.07 Å². The van der Waals surface area contributed by atoms with Crippen molar-refractivity contribution in [2.75, 3.05) is 12.4 Å². The quantitative estimate of drug-likeness (QED) is 0.778. The Kier molecular flexibility index (Phi) is 2.31. The minimum atomic E-state index is 0.342. The lowest BCUT2D eigenvalue weighted by Crippen LogP contribution is -2.38. The Bertz CT molecular complexity index is 394. The summed E-state index contributed by atoms with van der Waals surface area (Å²) in [6.07, 6.45) is 7.93. The van der Waals surface area contributed by atoms with E-state index in [1.165, 1.54) is 49.8 Å². The van der Waals surface area contributed by atoms with Crippen LogP contribution in [0.3, 0.4) is 0 Å². The molecule has 1 N–H and O–H groups in total. The van der Waals surface area contributed by atoms with Crippen LogP contribution in [0.4, 0.5) is 5.69 Å². The van der Waals surface area contributed by atoms with Crippen LogP contribution in [0.5, 0.6) is 5.75 Å². The molecule has 3 rings (SSSR count). The molecule has 2 heteroatoms. The second-order valence-electron chi connectivity index (χ2n) is 5.14. The predicted octanol–water partition coefficient (Wildman–Crippen LogP) is 3.37. The van der Waals surface area contributed by atoms with Crippen LogP contribution in [0.1, 0.15) is 37.7 Å². The highest BCUT2D eigenvalue weighted by Crippen LogP contribution is 2.45. The van der Waals surface area contributed by atoms with E-state index in [0.717, 1.165) is 5.75 Å². The normalized spacial score (nSPS) is 21.6. The van der Waals surface area contributed by atoms with Crippen molar-refractivity contribution in [3.05, 3.63) is 23.8 Å². The Labute approximate surface area is 97.0 Å². The van der Waals surface area contributed by atoms with Crippen LogP contribution in [0.15, 0.2) is 18.2 Å². The van der Waals surface area contributed by atoms with Gasteiger partial charge in [0.25, 0.3) is 0 Å². The highest BCUT2D eigenvalue weighted by Gasteiger charge is 2.38. The Morgan fingerprint density at radius 2 is 2.00 bits per heavy atom. The van der Waals surface area contributed by atoms with E-state index >= 15 is 0 Å². The standard InChI is InChI=1S/C14H19NO/c1-16-12-7-5-6-11-10-14(15-13(11)12)8-3-2-4-9-14/h5-7,15H,2-4,8-10H2,1H3. The van der Waals surface area contributed by atoms with Gasteiger partial charge >= 0.3 is 0 Å². The predicted molar refractivity (Wildman–Crippen MR) is 66.1 cm³/mol. The number of ether oxygens (including phenoxy) is 1. The molecule has 0 amide bonds. The summed E-state index contributed by atoms with van der Waals surface area (Å²) < 4.78 is 5.43. The molecule has 0 bridgehead atoms. The molecule has 2 nitrogen and oxygen atoms in total. The highest BCUT2D eigenvalue weighted by atomic mass is 16.5. The van der Waals surface area contributed by atoms with E-state index < -0.39 is 0 Å². The Balaban J connectivity index is 1.93. The molecule has 1 fully saturated rings. The minimum absolute atomic E-state index is 0.342. The van der Waals surface area contributed by atoms with Gasteiger partial charge in [0.15, 0.2) is 0 Å². The summed E-state index contributed by atoms with van der Waals surface area (Å²) in [6, 6.07) is 6.38. The molecule has 1 aliphatic carbocycles. The molecule has 1 saturated carbocycles. The summed E-state index contributed by atoms with van der Waals surface area (Å²) >= 11 is 0. The van der Waals surface area contributed by atoms with Crippen molar-refractivity contribution in [3.8, 4) is 5.75 Å². The summed E-state index contributed by atoms with van der Waals surface area (Å²) in [6.45, 7) is 0.